The lowest BCUT2D eigenvalue weighted by molar-refractivity contribution is 0.204. The third kappa shape index (κ3) is 2.71. The summed E-state index contributed by atoms with van der Waals surface area (Å²) in [4.78, 5) is 0. The Kier molecular flexibility index (Phi) is 3.18. The zero-order chi connectivity index (χ0) is 13.5. The van der Waals surface area contributed by atoms with E-state index in [2.05, 4.69) is 10.2 Å². The van der Waals surface area contributed by atoms with Crippen LogP contribution >= 0.6 is 0 Å². The topological polar surface area (TPSA) is 72.4 Å². The van der Waals surface area contributed by atoms with Gasteiger partial charge in [0.2, 0.25) is 15.9 Å². The standard InChI is InChI=1S/C12H17N3O3S/c1-9-2-5-12(14-13-9)18-10-6-7-15(8-10)19(16,17)11-3-4-11/h2,5,10-11H,3-4,6-8H2,1H3. The van der Waals surface area contributed by atoms with Gasteiger partial charge in [-0.25, -0.2) is 8.42 Å². The Morgan fingerprint density at radius 1 is 1.26 bits per heavy atom. The molecular formula is C12H17N3O3S. The molecule has 1 saturated carbocycles. The Morgan fingerprint density at radius 2 is 2.05 bits per heavy atom. The number of aromatic nitrogens is 2. The summed E-state index contributed by atoms with van der Waals surface area (Å²) in [6.07, 6.45) is 2.19. The predicted octanol–water partition coefficient (Wildman–Crippen LogP) is 0.730. The molecule has 0 aromatic carbocycles. The van der Waals surface area contributed by atoms with Gasteiger partial charge in [-0.05, 0) is 32.3 Å². The smallest absolute Gasteiger partial charge is 0.233 e. The van der Waals surface area contributed by atoms with E-state index in [1.807, 2.05) is 13.0 Å². The van der Waals surface area contributed by atoms with Crippen LogP contribution in [0.4, 0.5) is 0 Å². The number of rotatable bonds is 4. The van der Waals surface area contributed by atoms with Crippen LogP contribution < -0.4 is 4.74 Å². The highest BCUT2D eigenvalue weighted by molar-refractivity contribution is 7.90. The van der Waals surface area contributed by atoms with Gasteiger partial charge in [0.1, 0.15) is 6.10 Å². The molecule has 1 unspecified atom stereocenters. The molecule has 0 spiro atoms. The number of nitrogens with zero attached hydrogens (tertiary/aromatic N) is 3. The fourth-order valence-electron chi connectivity index (χ4n) is 2.22. The molecule has 0 amide bonds. The maximum atomic E-state index is 12.1. The molecule has 3 rings (SSSR count). The molecule has 19 heavy (non-hydrogen) atoms. The van der Waals surface area contributed by atoms with Crippen molar-refractivity contribution in [3.05, 3.63) is 17.8 Å². The van der Waals surface area contributed by atoms with Crippen molar-refractivity contribution >= 4 is 10.0 Å². The monoisotopic (exact) mass is 283 g/mol. The minimum Gasteiger partial charge on any atom is -0.472 e. The van der Waals surface area contributed by atoms with Crippen LogP contribution in [0.5, 0.6) is 5.88 Å². The van der Waals surface area contributed by atoms with Crippen LogP contribution in [0.3, 0.4) is 0 Å². The van der Waals surface area contributed by atoms with Gasteiger partial charge < -0.3 is 4.74 Å². The van der Waals surface area contributed by atoms with Crippen molar-refractivity contribution in [2.45, 2.75) is 37.5 Å². The average molecular weight is 283 g/mol. The molecule has 1 aliphatic heterocycles. The summed E-state index contributed by atoms with van der Waals surface area (Å²) in [6.45, 7) is 2.83. The van der Waals surface area contributed by atoms with Gasteiger partial charge >= 0.3 is 0 Å². The van der Waals surface area contributed by atoms with Gasteiger partial charge in [0.05, 0.1) is 17.5 Å². The van der Waals surface area contributed by atoms with Gasteiger partial charge in [-0.2, -0.15) is 9.40 Å². The summed E-state index contributed by atoms with van der Waals surface area (Å²) in [7, 11) is -3.08. The van der Waals surface area contributed by atoms with Crippen molar-refractivity contribution in [1.82, 2.24) is 14.5 Å². The molecule has 2 fully saturated rings. The molecule has 0 N–H and O–H groups in total. The highest BCUT2D eigenvalue weighted by Gasteiger charge is 2.43. The van der Waals surface area contributed by atoms with E-state index in [0.717, 1.165) is 18.5 Å². The Morgan fingerprint density at radius 3 is 2.68 bits per heavy atom. The molecule has 1 aromatic rings. The van der Waals surface area contributed by atoms with E-state index in [0.29, 0.717) is 25.4 Å². The van der Waals surface area contributed by atoms with Crippen molar-refractivity contribution < 1.29 is 13.2 Å². The van der Waals surface area contributed by atoms with Crippen molar-refractivity contribution in [2.75, 3.05) is 13.1 Å². The largest absolute Gasteiger partial charge is 0.472 e. The van der Waals surface area contributed by atoms with Crippen molar-refractivity contribution in [3.63, 3.8) is 0 Å². The second-order valence-corrected chi connectivity index (χ2v) is 7.36. The summed E-state index contributed by atoms with van der Waals surface area (Å²) in [6, 6.07) is 3.59. The zero-order valence-corrected chi connectivity index (χ0v) is 11.6. The number of aryl methyl sites for hydroxylation is 1. The second-order valence-electron chi connectivity index (χ2n) is 5.14. The molecule has 0 radical (unpaired) electrons. The first-order chi connectivity index (χ1) is 9.05. The Bertz CT molecular complexity index is 554. The highest BCUT2D eigenvalue weighted by Crippen LogP contribution is 2.33. The molecule has 1 saturated heterocycles. The normalized spacial score (nSPS) is 24.6. The van der Waals surface area contributed by atoms with Gasteiger partial charge in [0, 0.05) is 12.6 Å². The van der Waals surface area contributed by atoms with Crippen molar-refractivity contribution in [1.29, 1.82) is 0 Å². The summed E-state index contributed by atoms with van der Waals surface area (Å²) < 4.78 is 31.4. The van der Waals surface area contributed by atoms with E-state index >= 15 is 0 Å². The van der Waals surface area contributed by atoms with E-state index in [1.54, 1.807) is 10.4 Å². The third-order valence-corrected chi connectivity index (χ3v) is 5.84. The molecule has 7 heteroatoms. The highest BCUT2D eigenvalue weighted by atomic mass is 32.2. The van der Waals surface area contributed by atoms with Crippen LogP contribution in [0.15, 0.2) is 12.1 Å². The molecule has 6 nitrogen and oxygen atoms in total. The van der Waals surface area contributed by atoms with Gasteiger partial charge in [0.15, 0.2) is 0 Å². The van der Waals surface area contributed by atoms with Crippen LogP contribution in [-0.2, 0) is 10.0 Å². The van der Waals surface area contributed by atoms with E-state index in [1.165, 1.54) is 0 Å². The summed E-state index contributed by atoms with van der Waals surface area (Å²) in [5.41, 5.74) is 0.830. The predicted molar refractivity (Wildman–Crippen MR) is 69.3 cm³/mol. The maximum absolute atomic E-state index is 12.1. The molecule has 1 aliphatic carbocycles. The molecule has 1 atom stereocenters. The van der Waals surface area contributed by atoms with Crippen LogP contribution in [0.25, 0.3) is 0 Å². The lowest BCUT2D eigenvalue weighted by atomic mass is 10.3. The summed E-state index contributed by atoms with van der Waals surface area (Å²) in [5.74, 6) is 0.460. The molecule has 104 valence electrons. The van der Waals surface area contributed by atoms with Crippen LogP contribution in [-0.4, -0.2) is 47.4 Å². The third-order valence-electron chi connectivity index (χ3n) is 3.47. The summed E-state index contributed by atoms with van der Waals surface area (Å²) >= 11 is 0. The first-order valence-electron chi connectivity index (χ1n) is 6.51. The first kappa shape index (κ1) is 12.8. The van der Waals surface area contributed by atoms with Gasteiger partial charge in [0.25, 0.3) is 0 Å². The Labute approximate surface area is 112 Å². The molecule has 1 aromatic heterocycles. The SMILES string of the molecule is Cc1ccc(OC2CCN(S(=O)(=O)C3CC3)C2)nn1. The van der Waals surface area contributed by atoms with Gasteiger partial charge in [-0.1, -0.05) is 0 Å². The van der Waals surface area contributed by atoms with Crippen LogP contribution in [0, 0.1) is 6.92 Å². The fourth-order valence-corrected chi connectivity index (χ4v) is 4.11. The minimum atomic E-state index is -3.08. The van der Waals surface area contributed by atoms with E-state index in [9.17, 15) is 8.42 Å². The van der Waals surface area contributed by atoms with Crippen LogP contribution in [0.2, 0.25) is 0 Å². The van der Waals surface area contributed by atoms with Crippen molar-refractivity contribution in [2.24, 2.45) is 0 Å². The molecule has 2 heterocycles. The lowest BCUT2D eigenvalue weighted by Gasteiger charge is -2.16. The van der Waals surface area contributed by atoms with Crippen LogP contribution in [0.1, 0.15) is 25.0 Å². The number of ether oxygens (including phenoxy) is 1. The number of hydrogen-bond acceptors (Lipinski definition) is 5. The van der Waals surface area contributed by atoms with Gasteiger partial charge in [-0.3, -0.25) is 0 Å². The minimum absolute atomic E-state index is 0.120. The maximum Gasteiger partial charge on any atom is 0.233 e. The van der Waals surface area contributed by atoms with E-state index in [-0.39, 0.29) is 11.4 Å². The second kappa shape index (κ2) is 4.72. The van der Waals surface area contributed by atoms with E-state index < -0.39 is 10.0 Å². The number of sulfonamides is 1. The molecule has 2 aliphatic rings. The fraction of sp³-hybridized carbons (Fsp3) is 0.667. The number of hydrogen-bond donors (Lipinski definition) is 0. The van der Waals surface area contributed by atoms with E-state index in [4.69, 9.17) is 4.74 Å². The quantitative estimate of drug-likeness (QED) is 0.814. The Hall–Kier alpha value is -1.21. The average Bonchev–Trinajstić information content (AvgIpc) is 3.14. The first-order valence-corrected chi connectivity index (χ1v) is 8.02. The van der Waals surface area contributed by atoms with Crippen molar-refractivity contribution in [3.8, 4) is 5.88 Å². The molecular weight excluding hydrogens is 266 g/mol. The summed E-state index contributed by atoms with van der Waals surface area (Å²) in [5, 5.41) is 7.71. The lowest BCUT2D eigenvalue weighted by Crippen LogP contribution is -2.33. The zero-order valence-electron chi connectivity index (χ0n) is 10.8. The van der Waals surface area contributed by atoms with Gasteiger partial charge in [-0.15, -0.1) is 5.10 Å². The molecule has 0 bridgehead atoms. The Balaban J connectivity index is 1.61.